The molecule has 2 aromatic heterocycles. The third-order valence-electron chi connectivity index (χ3n) is 15.1. The van der Waals surface area contributed by atoms with E-state index in [2.05, 4.69) is 4.90 Å². The zero-order valence-corrected chi connectivity index (χ0v) is 43.9. The van der Waals surface area contributed by atoms with Crippen LogP contribution in [0, 0.1) is 30.6 Å². The lowest BCUT2D eigenvalue weighted by Crippen LogP contribution is -2.36. The van der Waals surface area contributed by atoms with Crippen molar-refractivity contribution in [1.82, 2.24) is 19.8 Å². The lowest BCUT2D eigenvalue weighted by molar-refractivity contribution is -0.144. The first-order chi connectivity index (χ1) is 37.7. The van der Waals surface area contributed by atoms with E-state index in [1.54, 1.807) is 24.3 Å². The molecule has 3 aliphatic carbocycles. The lowest BCUT2D eigenvalue weighted by atomic mass is 9.85. The third-order valence-corrected chi connectivity index (χ3v) is 15.1. The number of rotatable bonds is 19. The number of amides is 2. The van der Waals surface area contributed by atoms with E-state index in [4.69, 9.17) is 19.4 Å². The van der Waals surface area contributed by atoms with Crippen LogP contribution in [0.4, 0.5) is 73.9 Å². The number of nitrogens with zero attached hydrogens (tertiary/aromatic N) is 6. The number of ether oxygens (including phenoxy) is 2. The molecule has 4 aromatic carbocycles. The van der Waals surface area contributed by atoms with E-state index in [9.17, 15) is 62.3 Å². The molecule has 428 valence electrons. The quantitative estimate of drug-likeness (QED) is 0.0741. The first kappa shape index (κ1) is 57.7. The fourth-order valence-electron chi connectivity index (χ4n) is 10.4. The Bertz CT molecular complexity index is 3160. The highest BCUT2D eigenvalue weighted by molar-refractivity contribution is 5.85. The van der Waals surface area contributed by atoms with Crippen molar-refractivity contribution in [2.75, 3.05) is 49.7 Å². The van der Waals surface area contributed by atoms with E-state index >= 15 is 0 Å². The summed E-state index contributed by atoms with van der Waals surface area (Å²) < 4.78 is 180. The number of aromatic nitrogens is 2. The molecule has 0 radical (unpaired) electrons. The molecule has 9 rings (SSSR count). The molecule has 0 spiro atoms. The van der Waals surface area contributed by atoms with Gasteiger partial charge in [0.25, 0.3) is 0 Å². The van der Waals surface area contributed by atoms with Crippen molar-refractivity contribution in [3.8, 4) is 0 Å². The fraction of sp³-hybridized carbons (Fsp3) is 0.448. The van der Waals surface area contributed by atoms with Gasteiger partial charge in [-0.2, -0.15) is 52.7 Å². The number of pyridine rings is 2. The second-order valence-corrected chi connectivity index (χ2v) is 21.3. The highest BCUT2D eigenvalue weighted by atomic mass is 19.4. The molecule has 0 aliphatic heterocycles. The number of carbonyl (C=O) groups is 2. The molecular formula is C58H58F12N6O4. The van der Waals surface area contributed by atoms with E-state index in [1.165, 1.54) is 0 Å². The molecule has 3 fully saturated rings. The zero-order chi connectivity index (χ0) is 57.5. The second kappa shape index (κ2) is 22.9. The number of anilines is 2. The van der Waals surface area contributed by atoms with Crippen molar-refractivity contribution >= 4 is 45.6 Å². The van der Waals surface area contributed by atoms with Crippen LogP contribution >= 0.6 is 0 Å². The molecule has 2 unspecified atom stereocenters. The smallest absolute Gasteiger partial charge is 0.416 e. The van der Waals surface area contributed by atoms with Crippen LogP contribution in [0.25, 0.3) is 21.8 Å². The minimum absolute atomic E-state index is 0.00493. The molecule has 2 amide bonds. The number of alkyl halides is 12. The number of benzene rings is 4. The zero-order valence-electron chi connectivity index (χ0n) is 43.9. The normalized spacial score (nSPS) is 16.8. The number of carbonyl (C=O) groups excluding carboxylic acids is 2. The van der Waals surface area contributed by atoms with Crippen LogP contribution in [0.3, 0.4) is 0 Å². The number of hydrogen-bond acceptors (Lipinski definition) is 8. The predicted octanol–water partition coefficient (Wildman–Crippen LogP) is 15.3. The second-order valence-electron chi connectivity index (χ2n) is 21.3. The van der Waals surface area contributed by atoms with Crippen LogP contribution in [0.5, 0.6) is 0 Å². The maximum Gasteiger partial charge on any atom is 0.416 e. The third kappa shape index (κ3) is 13.9. The van der Waals surface area contributed by atoms with Crippen LogP contribution in [0.15, 0.2) is 91.0 Å². The van der Waals surface area contributed by atoms with E-state index < -0.39 is 83.4 Å². The summed E-state index contributed by atoms with van der Waals surface area (Å²) >= 11 is 0. The SMILES string of the molecule is CCN(CC1CCC1)c1nc2ccccc2cc1CN(Cc1cc(C(F)(F)F)cc(C(F)(F)F)c1)C(=O)OCC1CC1CN(CC1CC1)c1nc2c(C)cccc2cc1CN(Cc1cc(C(F)(F)F)cc(C(F)(F)F)c1)C(=O)OC. The number of hydrogen-bond donors (Lipinski definition) is 0. The molecule has 22 heteroatoms. The van der Waals surface area contributed by atoms with Gasteiger partial charge in [-0.15, -0.1) is 0 Å². The number of aryl methyl sites for hydroxylation is 1. The molecule has 0 bridgehead atoms. The van der Waals surface area contributed by atoms with Gasteiger partial charge >= 0.3 is 36.9 Å². The molecule has 0 saturated heterocycles. The van der Waals surface area contributed by atoms with Crippen molar-refractivity contribution in [1.29, 1.82) is 0 Å². The average Bonchev–Trinajstić information content (AvgIpc) is 4.36. The Labute approximate surface area is 453 Å². The van der Waals surface area contributed by atoms with Gasteiger partial charge in [-0.05, 0) is 141 Å². The first-order valence-corrected chi connectivity index (χ1v) is 26.3. The van der Waals surface area contributed by atoms with Gasteiger partial charge < -0.3 is 19.3 Å². The van der Waals surface area contributed by atoms with Crippen molar-refractivity contribution in [3.63, 3.8) is 0 Å². The molecule has 10 nitrogen and oxygen atoms in total. The summed E-state index contributed by atoms with van der Waals surface area (Å²) in [6.07, 6.45) is -17.2. The topological polar surface area (TPSA) is 91.3 Å². The van der Waals surface area contributed by atoms with E-state index in [0.717, 1.165) is 54.6 Å². The maximum atomic E-state index is 14.5. The minimum Gasteiger partial charge on any atom is -0.453 e. The largest absolute Gasteiger partial charge is 0.453 e. The monoisotopic (exact) mass is 1130 g/mol. The summed E-state index contributed by atoms with van der Waals surface area (Å²) in [6.45, 7) is 3.56. The molecule has 3 aliphatic rings. The van der Waals surface area contributed by atoms with Crippen molar-refractivity contribution in [3.05, 3.63) is 141 Å². The van der Waals surface area contributed by atoms with Gasteiger partial charge in [0.05, 0.1) is 60.1 Å². The summed E-state index contributed by atoms with van der Waals surface area (Å²) in [5, 5.41) is 1.34. The summed E-state index contributed by atoms with van der Waals surface area (Å²) in [5.74, 6) is 1.10. The molecular weight excluding hydrogens is 1070 g/mol. The Morgan fingerprint density at radius 1 is 0.562 bits per heavy atom. The van der Waals surface area contributed by atoms with Gasteiger partial charge in [0.15, 0.2) is 0 Å². The predicted molar refractivity (Wildman–Crippen MR) is 275 cm³/mol. The van der Waals surface area contributed by atoms with Gasteiger partial charge in [0, 0.05) is 61.2 Å². The minimum atomic E-state index is -5.15. The average molecular weight is 1130 g/mol. The van der Waals surface area contributed by atoms with Crippen molar-refractivity contribution in [2.24, 2.45) is 23.7 Å². The molecule has 3 saturated carbocycles. The van der Waals surface area contributed by atoms with Crippen LogP contribution in [0.2, 0.25) is 0 Å². The Hall–Kier alpha value is -7.00. The van der Waals surface area contributed by atoms with Gasteiger partial charge in [0.2, 0.25) is 0 Å². The van der Waals surface area contributed by atoms with Gasteiger partial charge in [-0.25, -0.2) is 19.6 Å². The number of halogens is 12. The summed E-state index contributed by atoms with van der Waals surface area (Å²) in [6, 6.07) is 18.6. The van der Waals surface area contributed by atoms with Crippen LogP contribution in [-0.4, -0.2) is 71.8 Å². The highest BCUT2D eigenvalue weighted by Crippen LogP contribution is 2.44. The summed E-state index contributed by atoms with van der Waals surface area (Å²) in [7, 11) is 1.04. The number of methoxy groups -OCH3 is 1. The Morgan fingerprint density at radius 2 is 1.06 bits per heavy atom. The molecule has 6 aromatic rings. The van der Waals surface area contributed by atoms with Gasteiger partial charge in [-0.3, -0.25) is 9.80 Å². The Balaban J connectivity index is 1.000. The molecule has 0 N–H and O–H groups in total. The fourth-order valence-corrected chi connectivity index (χ4v) is 10.4. The van der Waals surface area contributed by atoms with Gasteiger partial charge in [0.1, 0.15) is 11.6 Å². The Morgan fingerprint density at radius 3 is 1.57 bits per heavy atom. The summed E-state index contributed by atoms with van der Waals surface area (Å²) in [5.41, 5.74) is -4.09. The van der Waals surface area contributed by atoms with E-state index in [1.807, 2.05) is 49.1 Å². The molecule has 2 heterocycles. The van der Waals surface area contributed by atoms with E-state index in [0.29, 0.717) is 107 Å². The summed E-state index contributed by atoms with van der Waals surface area (Å²) in [4.78, 5) is 44.2. The van der Waals surface area contributed by atoms with E-state index in [-0.39, 0.29) is 49.6 Å². The molecule has 2 atom stereocenters. The van der Waals surface area contributed by atoms with Crippen molar-refractivity contribution in [2.45, 2.75) is 103 Å². The van der Waals surface area contributed by atoms with Crippen LogP contribution < -0.4 is 9.80 Å². The number of fused-ring (bicyclic) bond motifs is 2. The van der Waals surface area contributed by atoms with Crippen LogP contribution in [0.1, 0.15) is 95.5 Å². The van der Waals surface area contributed by atoms with Gasteiger partial charge in [-0.1, -0.05) is 42.8 Å². The lowest BCUT2D eigenvalue weighted by Gasteiger charge is -2.34. The standard InChI is InChI=1S/C58H58F12N6O4/c1-4-73(26-35-10-8-11-35)51-42(21-39-12-5-6-14-49(39)71-51)32-76(29-38-19-47(57(65,66)67)25-48(20-38)58(68,69)70)54(78)80-33-44-23-41(44)30-74(27-36-15-16-36)52-43(22-40-13-7-9-34(2)50(40)72-52)31-75(53(77)79-3)28-37-17-45(55(59,60)61)24-46(18-37)56(62,63)64/h5-7,9,12-14,17-22,24-25,35-36,41,44H,4,8,10-11,15-16,23,26-33H2,1-3H3. The first-order valence-electron chi connectivity index (χ1n) is 26.3. The maximum absolute atomic E-state index is 14.5. The highest BCUT2D eigenvalue weighted by Gasteiger charge is 2.43. The van der Waals surface area contributed by atoms with Crippen molar-refractivity contribution < 1.29 is 71.7 Å². The van der Waals surface area contributed by atoms with Crippen LogP contribution in [-0.2, 0) is 60.4 Å². The Kier molecular flexibility index (Phi) is 16.5. The molecule has 80 heavy (non-hydrogen) atoms. The number of para-hydroxylation sites is 2.